The maximum absolute atomic E-state index is 4.27. The van der Waals surface area contributed by atoms with E-state index in [9.17, 15) is 0 Å². The van der Waals surface area contributed by atoms with Crippen LogP contribution in [0, 0.1) is 5.92 Å². The van der Waals surface area contributed by atoms with E-state index >= 15 is 0 Å². The highest BCUT2D eigenvalue weighted by Crippen LogP contribution is 2.14. The lowest BCUT2D eigenvalue weighted by molar-refractivity contribution is 0.243. The topological polar surface area (TPSA) is 41.0 Å². The standard InChI is InChI=1S/C14H26N4/c1-10(2)12-7-14(17-9-16-12)15-8-13(11(3)4)18(5)6/h7,9-11,13H,8H2,1-6H3,(H,15,16,17)/t13-/m1/s1. The van der Waals surface area contributed by atoms with Crippen molar-refractivity contribution in [2.45, 2.75) is 39.7 Å². The highest BCUT2D eigenvalue weighted by molar-refractivity contribution is 5.35. The highest BCUT2D eigenvalue weighted by Gasteiger charge is 2.15. The summed E-state index contributed by atoms with van der Waals surface area (Å²) in [6, 6.07) is 2.54. The Bertz CT molecular complexity index is 353. The van der Waals surface area contributed by atoms with Crippen LogP contribution >= 0.6 is 0 Å². The van der Waals surface area contributed by atoms with Gasteiger partial charge in [-0.15, -0.1) is 0 Å². The molecule has 0 saturated heterocycles. The van der Waals surface area contributed by atoms with E-state index in [0.29, 0.717) is 17.9 Å². The molecule has 0 fully saturated rings. The maximum atomic E-state index is 4.27. The summed E-state index contributed by atoms with van der Waals surface area (Å²) in [4.78, 5) is 10.8. The van der Waals surface area contributed by atoms with Crippen LogP contribution in [0.1, 0.15) is 39.3 Å². The molecule has 4 heteroatoms. The molecular formula is C14H26N4. The van der Waals surface area contributed by atoms with Crippen molar-refractivity contribution in [2.75, 3.05) is 26.0 Å². The number of hydrogen-bond donors (Lipinski definition) is 1. The van der Waals surface area contributed by atoms with E-state index in [1.165, 1.54) is 0 Å². The van der Waals surface area contributed by atoms with Crippen LogP contribution in [0.5, 0.6) is 0 Å². The van der Waals surface area contributed by atoms with E-state index in [1.807, 2.05) is 6.07 Å². The van der Waals surface area contributed by atoms with Crippen LogP contribution in [0.15, 0.2) is 12.4 Å². The van der Waals surface area contributed by atoms with Crippen molar-refractivity contribution >= 4 is 5.82 Å². The molecule has 18 heavy (non-hydrogen) atoms. The molecule has 0 spiro atoms. The van der Waals surface area contributed by atoms with Crippen LogP contribution in [0.25, 0.3) is 0 Å². The summed E-state index contributed by atoms with van der Waals surface area (Å²) in [5, 5.41) is 3.41. The summed E-state index contributed by atoms with van der Waals surface area (Å²) >= 11 is 0. The second kappa shape index (κ2) is 6.69. The van der Waals surface area contributed by atoms with Crippen molar-refractivity contribution in [1.82, 2.24) is 14.9 Å². The Labute approximate surface area is 111 Å². The molecule has 102 valence electrons. The van der Waals surface area contributed by atoms with Crippen molar-refractivity contribution in [2.24, 2.45) is 5.92 Å². The van der Waals surface area contributed by atoms with Crippen LogP contribution in [0.2, 0.25) is 0 Å². The van der Waals surface area contributed by atoms with Crippen molar-refractivity contribution in [3.63, 3.8) is 0 Å². The third-order valence-electron chi connectivity index (χ3n) is 3.20. The summed E-state index contributed by atoms with van der Waals surface area (Å²) in [6.07, 6.45) is 1.64. The number of likely N-dealkylation sites (N-methyl/N-ethyl adjacent to an activating group) is 1. The first-order chi connectivity index (χ1) is 8.41. The molecule has 0 aliphatic carbocycles. The van der Waals surface area contributed by atoms with E-state index in [0.717, 1.165) is 18.1 Å². The number of aromatic nitrogens is 2. The van der Waals surface area contributed by atoms with Crippen molar-refractivity contribution in [1.29, 1.82) is 0 Å². The summed E-state index contributed by atoms with van der Waals surface area (Å²) in [5.41, 5.74) is 1.08. The molecule has 1 N–H and O–H groups in total. The summed E-state index contributed by atoms with van der Waals surface area (Å²) in [6.45, 7) is 9.67. The monoisotopic (exact) mass is 250 g/mol. The third kappa shape index (κ3) is 4.26. The van der Waals surface area contributed by atoms with Gasteiger partial charge in [0, 0.05) is 24.3 Å². The summed E-state index contributed by atoms with van der Waals surface area (Å²) < 4.78 is 0. The molecule has 0 saturated carbocycles. The zero-order valence-electron chi connectivity index (χ0n) is 12.4. The lowest BCUT2D eigenvalue weighted by Gasteiger charge is -2.28. The fraction of sp³-hybridized carbons (Fsp3) is 0.714. The molecule has 0 aromatic carbocycles. The van der Waals surface area contributed by atoms with Gasteiger partial charge in [-0.25, -0.2) is 9.97 Å². The van der Waals surface area contributed by atoms with Gasteiger partial charge in [0.25, 0.3) is 0 Å². The van der Waals surface area contributed by atoms with Crippen LogP contribution in [0.4, 0.5) is 5.82 Å². The van der Waals surface area contributed by atoms with Gasteiger partial charge in [0.2, 0.25) is 0 Å². The smallest absolute Gasteiger partial charge is 0.129 e. The van der Waals surface area contributed by atoms with Crippen LogP contribution < -0.4 is 5.32 Å². The van der Waals surface area contributed by atoms with Crippen LogP contribution in [0.3, 0.4) is 0 Å². The van der Waals surface area contributed by atoms with Gasteiger partial charge in [-0.3, -0.25) is 0 Å². The Morgan fingerprint density at radius 2 is 1.83 bits per heavy atom. The molecule has 0 aliphatic rings. The molecule has 0 amide bonds. The Morgan fingerprint density at radius 1 is 1.17 bits per heavy atom. The number of rotatable bonds is 6. The maximum Gasteiger partial charge on any atom is 0.129 e. The van der Waals surface area contributed by atoms with Gasteiger partial charge in [-0.05, 0) is 25.9 Å². The molecule has 0 radical (unpaired) electrons. The Morgan fingerprint density at radius 3 is 2.33 bits per heavy atom. The van der Waals surface area contributed by atoms with Crippen molar-refractivity contribution in [3.8, 4) is 0 Å². The van der Waals surface area contributed by atoms with E-state index < -0.39 is 0 Å². The van der Waals surface area contributed by atoms with Gasteiger partial charge in [0.15, 0.2) is 0 Å². The van der Waals surface area contributed by atoms with E-state index in [1.54, 1.807) is 6.33 Å². The molecule has 0 aliphatic heterocycles. The van der Waals surface area contributed by atoms with Crippen LogP contribution in [-0.4, -0.2) is 41.5 Å². The first-order valence-electron chi connectivity index (χ1n) is 6.64. The van der Waals surface area contributed by atoms with Crippen LogP contribution in [-0.2, 0) is 0 Å². The van der Waals surface area contributed by atoms with Gasteiger partial charge in [-0.1, -0.05) is 27.7 Å². The molecule has 1 rings (SSSR count). The lowest BCUT2D eigenvalue weighted by Crippen LogP contribution is -2.38. The molecule has 1 aromatic rings. The number of nitrogens with one attached hydrogen (secondary N) is 1. The van der Waals surface area contributed by atoms with Gasteiger partial charge in [-0.2, -0.15) is 0 Å². The molecule has 1 aromatic heterocycles. The lowest BCUT2D eigenvalue weighted by atomic mass is 10.0. The van der Waals surface area contributed by atoms with E-state index in [-0.39, 0.29) is 0 Å². The normalized spacial score (nSPS) is 13.4. The number of nitrogens with zero attached hydrogens (tertiary/aromatic N) is 3. The fourth-order valence-electron chi connectivity index (χ4n) is 2.01. The second-order valence-corrected chi connectivity index (χ2v) is 5.64. The number of anilines is 1. The van der Waals surface area contributed by atoms with Gasteiger partial charge >= 0.3 is 0 Å². The fourth-order valence-corrected chi connectivity index (χ4v) is 2.01. The highest BCUT2D eigenvalue weighted by atomic mass is 15.1. The third-order valence-corrected chi connectivity index (χ3v) is 3.20. The predicted molar refractivity (Wildman–Crippen MR) is 76.9 cm³/mol. The molecule has 4 nitrogen and oxygen atoms in total. The largest absolute Gasteiger partial charge is 0.368 e. The first kappa shape index (κ1) is 14.9. The van der Waals surface area contributed by atoms with E-state index in [2.05, 4.69) is 62.0 Å². The Hall–Kier alpha value is -1.16. The molecule has 0 bridgehead atoms. The van der Waals surface area contributed by atoms with Gasteiger partial charge in [0.05, 0.1) is 0 Å². The Kier molecular flexibility index (Phi) is 5.54. The van der Waals surface area contributed by atoms with Crippen molar-refractivity contribution < 1.29 is 0 Å². The SMILES string of the molecule is CC(C)c1cc(NC[C@H](C(C)C)N(C)C)ncn1. The van der Waals surface area contributed by atoms with E-state index in [4.69, 9.17) is 0 Å². The summed E-state index contributed by atoms with van der Waals surface area (Å²) in [7, 11) is 4.23. The average molecular weight is 250 g/mol. The summed E-state index contributed by atoms with van der Waals surface area (Å²) in [5.74, 6) is 1.96. The zero-order chi connectivity index (χ0) is 13.7. The first-order valence-corrected chi connectivity index (χ1v) is 6.64. The quantitative estimate of drug-likeness (QED) is 0.842. The molecule has 1 atom stereocenters. The second-order valence-electron chi connectivity index (χ2n) is 5.64. The molecule has 0 unspecified atom stereocenters. The van der Waals surface area contributed by atoms with Crippen molar-refractivity contribution in [3.05, 3.63) is 18.1 Å². The minimum absolute atomic E-state index is 0.434. The zero-order valence-corrected chi connectivity index (χ0v) is 12.4. The minimum atomic E-state index is 0.434. The van der Waals surface area contributed by atoms with Gasteiger partial charge < -0.3 is 10.2 Å². The average Bonchev–Trinajstić information content (AvgIpc) is 2.28. The predicted octanol–water partition coefficient (Wildman–Crippen LogP) is 2.60. The minimum Gasteiger partial charge on any atom is -0.368 e. The number of hydrogen-bond acceptors (Lipinski definition) is 4. The Balaban J connectivity index is 2.65. The molecular weight excluding hydrogens is 224 g/mol. The molecule has 1 heterocycles. The van der Waals surface area contributed by atoms with Gasteiger partial charge in [0.1, 0.15) is 12.1 Å².